The summed E-state index contributed by atoms with van der Waals surface area (Å²) < 4.78 is 28.5. The molecule has 1 fully saturated rings. The van der Waals surface area contributed by atoms with Crippen LogP contribution in [0.3, 0.4) is 0 Å². The van der Waals surface area contributed by atoms with Crippen molar-refractivity contribution in [2.24, 2.45) is 0 Å². The zero-order valence-electron chi connectivity index (χ0n) is 21.6. The van der Waals surface area contributed by atoms with Gasteiger partial charge in [-0.1, -0.05) is 78.5 Å². The van der Waals surface area contributed by atoms with E-state index in [2.05, 4.69) is 5.32 Å². The molecule has 3 aromatic rings. The van der Waals surface area contributed by atoms with Crippen molar-refractivity contribution in [2.75, 3.05) is 10.8 Å². The van der Waals surface area contributed by atoms with E-state index in [1.807, 2.05) is 0 Å². The molecule has 0 radical (unpaired) electrons. The molecule has 0 aliphatic heterocycles. The Hall–Kier alpha value is -3.07. The number of nitrogens with zero attached hydrogens (tertiary/aromatic N) is 2. The first-order valence-corrected chi connectivity index (χ1v) is 15.0. The molecule has 1 N–H and O–H groups in total. The molecule has 7 nitrogen and oxygen atoms in total. The van der Waals surface area contributed by atoms with Crippen molar-refractivity contribution in [2.45, 2.75) is 56.1 Å². The quantitative estimate of drug-likeness (QED) is 0.331. The van der Waals surface area contributed by atoms with E-state index in [-0.39, 0.29) is 29.1 Å². The lowest BCUT2D eigenvalue weighted by molar-refractivity contribution is -0.139. The number of hydrogen-bond donors (Lipinski definition) is 1. The van der Waals surface area contributed by atoms with Crippen LogP contribution in [0.4, 0.5) is 5.69 Å². The summed E-state index contributed by atoms with van der Waals surface area (Å²) in [5.74, 6) is -0.842. The first-order valence-electron chi connectivity index (χ1n) is 12.8. The maximum absolute atomic E-state index is 14.0. The molecule has 0 saturated heterocycles. The van der Waals surface area contributed by atoms with Crippen LogP contribution in [0, 0.1) is 0 Å². The molecule has 0 bridgehead atoms. The Morgan fingerprint density at radius 2 is 1.62 bits per heavy atom. The fraction of sp³-hybridized carbons (Fsp3) is 0.310. The summed E-state index contributed by atoms with van der Waals surface area (Å²) in [5, 5.41) is 3.82. The van der Waals surface area contributed by atoms with Crippen molar-refractivity contribution in [3.05, 3.63) is 94.5 Å². The number of halogens is 2. The molecule has 3 aromatic carbocycles. The second-order valence-electron chi connectivity index (χ2n) is 9.58. The number of nitrogens with one attached hydrogen (secondary N) is 1. The van der Waals surface area contributed by atoms with Crippen LogP contribution < -0.4 is 9.62 Å². The fourth-order valence-electron chi connectivity index (χ4n) is 4.66. The number of anilines is 1. The minimum absolute atomic E-state index is 0.0301. The topological polar surface area (TPSA) is 86.8 Å². The van der Waals surface area contributed by atoms with Crippen LogP contribution in [-0.2, 0) is 26.2 Å². The Morgan fingerprint density at radius 1 is 0.949 bits per heavy atom. The second-order valence-corrected chi connectivity index (χ2v) is 12.3. The van der Waals surface area contributed by atoms with Crippen LogP contribution in [0.2, 0.25) is 10.0 Å². The van der Waals surface area contributed by atoms with Crippen molar-refractivity contribution in [3.63, 3.8) is 0 Å². The van der Waals surface area contributed by atoms with Gasteiger partial charge >= 0.3 is 0 Å². The van der Waals surface area contributed by atoms with Crippen LogP contribution in [0.5, 0.6) is 0 Å². The minimum Gasteiger partial charge on any atom is -0.352 e. The van der Waals surface area contributed by atoms with Crippen molar-refractivity contribution in [3.8, 4) is 0 Å². The Bertz CT molecular complexity index is 1410. The molecule has 1 atom stereocenters. The zero-order valence-corrected chi connectivity index (χ0v) is 23.9. The molecule has 10 heteroatoms. The predicted molar refractivity (Wildman–Crippen MR) is 154 cm³/mol. The predicted octanol–water partition coefficient (Wildman–Crippen LogP) is 5.66. The first kappa shape index (κ1) is 28.9. The SMILES string of the molecule is C[C@H](C(=O)NC1CCCC1)N(Cc1ccccc1Cl)C(=O)CN(c1cccc(Cl)c1)S(=O)(=O)c1ccccc1. The van der Waals surface area contributed by atoms with E-state index in [0.717, 1.165) is 30.0 Å². The van der Waals surface area contributed by atoms with E-state index in [0.29, 0.717) is 15.6 Å². The number of rotatable bonds is 10. The van der Waals surface area contributed by atoms with Crippen molar-refractivity contribution < 1.29 is 18.0 Å². The van der Waals surface area contributed by atoms with E-state index < -0.39 is 28.5 Å². The number of benzene rings is 3. The van der Waals surface area contributed by atoms with Gasteiger partial charge in [-0.3, -0.25) is 13.9 Å². The van der Waals surface area contributed by atoms with Gasteiger partial charge in [0.1, 0.15) is 12.6 Å². The summed E-state index contributed by atoms with van der Waals surface area (Å²) >= 11 is 12.6. The molecular formula is C29H31Cl2N3O4S. The molecule has 0 unspecified atom stereocenters. The Balaban J connectivity index is 1.69. The van der Waals surface area contributed by atoms with E-state index >= 15 is 0 Å². The highest BCUT2D eigenvalue weighted by molar-refractivity contribution is 7.92. The van der Waals surface area contributed by atoms with Gasteiger partial charge in [0.15, 0.2) is 0 Å². The molecule has 2 amide bonds. The number of carbonyl (C=O) groups excluding carboxylic acids is 2. The third-order valence-corrected chi connectivity index (χ3v) is 9.27. The standard InChI is InChI=1S/C29H31Cl2N3O4S/c1-21(29(36)32-24-12-6-7-13-24)33(19-22-10-5-8-17-27(22)31)28(35)20-34(25-14-9-11-23(30)18-25)39(37,38)26-15-3-2-4-16-26/h2-5,8-11,14-18,21,24H,6-7,12-13,19-20H2,1H3,(H,32,36)/t21-/m1/s1. The molecule has 0 heterocycles. The van der Waals surface area contributed by atoms with Crippen LogP contribution in [-0.4, -0.2) is 43.8 Å². The maximum atomic E-state index is 14.0. The summed E-state index contributed by atoms with van der Waals surface area (Å²) in [6.45, 7) is 1.14. The third-order valence-electron chi connectivity index (χ3n) is 6.87. The van der Waals surface area contributed by atoms with Gasteiger partial charge in [0, 0.05) is 22.6 Å². The fourth-order valence-corrected chi connectivity index (χ4v) is 6.47. The molecule has 0 aromatic heterocycles. The molecule has 0 spiro atoms. The lowest BCUT2D eigenvalue weighted by Gasteiger charge is -2.32. The van der Waals surface area contributed by atoms with Crippen LogP contribution >= 0.6 is 23.2 Å². The van der Waals surface area contributed by atoms with E-state index in [9.17, 15) is 18.0 Å². The lowest BCUT2D eigenvalue weighted by Crippen LogP contribution is -2.52. The Morgan fingerprint density at radius 3 is 2.28 bits per heavy atom. The average molecular weight is 589 g/mol. The van der Waals surface area contributed by atoms with Crippen molar-refractivity contribution in [1.82, 2.24) is 10.2 Å². The van der Waals surface area contributed by atoms with Gasteiger partial charge in [0.05, 0.1) is 10.6 Å². The van der Waals surface area contributed by atoms with E-state index in [4.69, 9.17) is 23.2 Å². The molecule has 4 rings (SSSR count). The molecule has 1 aliphatic carbocycles. The first-order chi connectivity index (χ1) is 18.7. The summed E-state index contributed by atoms with van der Waals surface area (Å²) in [4.78, 5) is 28.6. The van der Waals surface area contributed by atoms with Gasteiger partial charge in [-0.25, -0.2) is 8.42 Å². The largest absolute Gasteiger partial charge is 0.352 e. The van der Waals surface area contributed by atoms with E-state index in [1.165, 1.54) is 23.1 Å². The molecule has 1 aliphatic rings. The third kappa shape index (κ3) is 7.12. The number of carbonyl (C=O) groups is 2. The van der Waals surface area contributed by atoms with E-state index in [1.54, 1.807) is 67.6 Å². The highest BCUT2D eigenvalue weighted by Gasteiger charge is 2.33. The highest BCUT2D eigenvalue weighted by Crippen LogP contribution is 2.27. The second kappa shape index (κ2) is 12.9. The number of hydrogen-bond acceptors (Lipinski definition) is 4. The van der Waals surface area contributed by atoms with Gasteiger partial charge in [-0.15, -0.1) is 0 Å². The Labute approximate surface area is 239 Å². The average Bonchev–Trinajstić information content (AvgIpc) is 3.44. The monoisotopic (exact) mass is 587 g/mol. The molecule has 1 saturated carbocycles. The maximum Gasteiger partial charge on any atom is 0.264 e. The summed E-state index contributed by atoms with van der Waals surface area (Å²) in [6.07, 6.45) is 3.89. The molecule has 206 valence electrons. The zero-order chi connectivity index (χ0) is 28.0. The molecular weight excluding hydrogens is 557 g/mol. The summed E-state index contributed by atoms with van der Waals surface area (Å²) in [6, 6.07) is 20.5. The van der Waals surface area contributed by atoms with Gasteiger partial charge < -0.3 is 10.2 Å². The molecule has 39 heavy (non-hydrogen) atoms. The van der Waals surface area contributed by atoms with Crippen LogP contribution in [0.15, 0.2) is 83.8 Å². The Kier molecular flexibility index (Phi) is 9.53. The number of amides is 2. The summed E-state index contributed by atoms with van der Waals surface area (Å²) in [5.41, 5.74) is 0.883. The van der Waals surface area contributed by atoms with Crippen LogP contribution in [0.1, 0.15) is 38.2 Å². The summed E-state index contributed by atoms with van der Waals surface area (Å²) in [7, 11) is -4.14. The van der Waals surface area contributed by atoms with Gasteiger partial charge in [0.25, 0.3) is 10.0 Å². The van der Waals surface area contributed by atoms with Crippen molar-refractivity contribution in [1.29, 1.82) is 0 Å². The normalized spacial score (nSPS) is 14.5. The van der Waals surface area contributed by atoms with Gasteiger partial charge in [0.2, 0.25) is 11.8 Å². The minimum atomic E-state index is -4.14. The highest BCUT2D eigenvalue weighted by atomic mass is 35.5. The smallest absolute Gasteiger partial charge is 0.264 e. The number of sulfonamides is 1. The van der Waals surface area contributed by atoms with Crippen LogP contribution in [0.25, 0.3) is 0 Å². The lowest BCUT2D eigenvalue weighted by atomic mass is 10.1. The van der Waals surface area contributed by atoms with Crippen molar-refractivity contribution >= 4 is 50.7 Å². The van der Waals surface area contributed by atoms with Gasteiger partial charge in [-0.2, -0.15) is 0 Å². The van der Waals surface area contributed by atoms with Gasteiger partial charge in [-0.05, 0) is 61.7 Å².